The Morgan fingerprint density at radius 3 is 3.07 bits per heavy atom. The first kappa shape index (κ1) is 11.3. The van der Waals surface area contributed by atoms with E-state index in [2.05, 4.69) is 15.9 Å². The van der Waals surface area contributed by atoms with Crippen molar-refractivity contribution in [1.29, 1.82) is 0 Å². The summed E-state index contributed by atoms with van der Waals surface area (Å²) in [6.45, 7) is 0. The highest BCUT2D eigenvalue weighted by molar-refractivity contribution is 9.10. The van der Waals surface area contributed by atoms with Crippen molar-refractivity contribution in [3.8, 4) is 5.75 Å². The third-order valence-corrected chi connectivity index (χ3v) is 4.38. The number of methoxy groups -OCH3 is 1. The van der Waals surface area contributed by atoms with Gasteiger partial charge in [0, 0.05) is 21.8 Å². The standard InChI is InChI=1S/C11H14BrNOS/c1-14-10-3-2-8(12)11-7(10)6-15-5-4-9(11)13/h2-3,9H,4-6,13H2,1H3/t9-/m0/s1. The van der Waals surface area contributed by atoms with Gasteiger partial charge in [-0.05, 0) is 29.9 Å². The van der Waals surface area contributed by atoms with Crippen LogP contribution in [0.25, 0.3) is 0 Å². The van der Waals surface area contributed by atoms with Crippen LogP contribution in [0.15, 0.2) is 16.6 Å². The molecule has 0 bridgehead atoms. The van der Waals surface area contributed by atoms with Crippen molar-refractivity contribution in [2.75, 3.05) is 12.9 Å². The zero-order valence-electron chi connectivity index (χ0n) is 8.63. The highest BCUT2D eigenvalue weighted by atomic mass is 79.9. The quantitative estimate of drug-likeness (QED) is 0.862. The molecular weight excluding hydrogens is 274 g/mol. The molecule has 1 aliphatic rings. The first-order chi connectivity index (χ1) is 7.24. The van der Waals surface area contributed by atoms with Crippen LogP contribution in [0.2, 0.25) is 0 Å². The summed E-state index contributed by atoms with van der Waals surface area (Å²) in [5, 5.41) is 0. The van der Waals surface area contributed by atoms with E-state index in [0.29, 0.717) is 0 Å². The fourth-order valence-electron chi connectivity index (χ4n) is 1.89. The second kappa shape index (κ2) is 4.76. The summed E-state index contributed by atoms with van der Waals surface area (Å²) < 4.78 is 6.49. The van der Waals surface area contributed by atoms with Gasteiger partial charge >= 0.3 is 0 Å². The maximum Gasteiger partial charge on any atom is 0.123 e. The van der Waals surface area contributed by atoms with Crippen molar-refractivity contribution >= 4 is 27.7 Å². The van der Waals surface area contributed by atoms with Crippen LogP contribution in [0.1, 0.15) is 23.6 Å². The van der Waals surface area contributed by atoms with E-state index in [0.717, 1.165) is 28.1 Å². The molecule has 4 heteroatoms. The average molecular weight is 288 g/mol. The van der Waals surface area contributed by atoms with Crippen molar-refractivity contribution in [2.45, 2.75) is 18.2 Å². The number of thioether (sulfide) groups is 1. The second-order valence-electron chi connectivity index (χ2n) is 3.59. The number of rotatable bonds is 1. The van der Waals surface area contributed by atoms with Gasteiger partial charge in [0.2, 0.25) is 0 Å². The van der Waals surface area contributed by atoms with Crippen LogP contribution >= 0.6 is 27.7 Å². The summed E-state index contributed by atoms with van der Waals surface area (Å²) in [6.07, 6.45) is 1.03. The van der Waals surface area contributed by atoms with Gasteiger partial charge in [0.05, 0.1) is 7.11 Å². The SMILES string of the molecule is COc1ccc(Br)c2c1CSCC[C@@H]2N. The van der Waals surface area contributed by atoms with E-state index < -0.39 is 0 Å². The van der Waals surface area contributed by atoms with Crippen molar-refractivity contribution in [3.05, 3.63) is 27.7 Å². The molecule has 0 aromatic heterocycles. The second-order valence-corrected chi connectivity index (χ2v) is 5.55. The van der Waals surface area contributed by atoms with Crippen LogP contribution in [-0.4, -0.2) is 12.9 Å². The predicted molar refractivity (Wildman–Crippen MR) is 68.4 cm³/mol. The van der Waals surface area contributed by atoms with E-state index in [-0.39, 0.29) is 6.04 Å². The first-order valence-corrected chi connectivity index (χ1v) is 6.87. The Labute approximate surface area is 103 Å². The number of halogens is 1. The number of benzene rings is 1. The monoisotopic (exact) mass is 287 g/mol. The predicted octanol–water partition coefficient (Wildman–Crippen LogP) is 3.09. The van der Waals surface area contributed by atoms with Gasteiger partial charge in [-0.2, -0.15) is 11.8 Å². The van der Waals surface area contributed by atoms with Gasteiger partial charge in [0.15, 0.2) is 0 Å². The molecule has 0 fully saturated rings. The van der Waals surface area contributed by atoms with Gasteiger partial charge in [-0.3, -0.25) is 0 Å². The molecule has 1 aliphatic heterocycles. The van der Waals surface area contributed by atoms with E-state index in [9.17, 15) is 0 Å². The number of ether oxygens (including phenoxy) is 1. The highest BCUT2D eigenvalue weighted by Gasteiger charge is 2.21. The lowest BCUT2D eigenvalue weighted by Gasteiger charge is -2.16. The number of hydrogen-bond donors (Lipinski definition) is 1. The van der Waals surface area contributed by atoms with Crippen molar-refractivity contribution < 1.29 is 4.74 Å². The van der Waals surface area contributed by atoms with Crippen LogP contribution in [-0.2, 0) is 5.75 Å². The molecule has 82 valence electrons. The number of fused-ring (bicyclic) bond motifs is 1. The lowest BCUT2D eigenvalue weighted by molar-refractivity contribution is 0.410. The Morgan fingerprint density at radius 1 is 1.53 bits per heavy atom. The maximum absolute atomic E-state index is 6.17. The van der Waals surface area contributed by atoms with E-state index in [4.69, 9.17) is 10.5 Å². The Morgan fingerprint density at radius 2 is 2.33 bits per heavy atom. The lowest BCUT2D eigenvalue weighted by Crippen LogP contribution is -2.12. The molecule has 1 atom stereocenters. The summed E-state index contributed by atoms with van der Waals surface area (Å²) in [6, 6.07) is 4.15. The smallest absolute Gasteiger partial charge is 0.123 e. The summed E-state index contributed by atoms with van der Waals surface area (Å²) in [5.74, 6) is 3.06. The Hall–Kier alpha value is -0.190. The minimum Gasteiger partial charge on any atom is -0.496 e. The molecule has 2 rings (SSSR count). The van der Waals surface area contributed by atoms with Crippen LogP contribution < -0.4 is 10.5 Å². The van der Waals surface area contributed by atoms with Gasteiger partial charge < -0.3 is 10.5 Å². The summed E-state index contributed by atoms with van der Waals surface area (Å²) in [7, 11) is 1.71. The van der Waals surface area contributed by atoms with Crippen LogP contribution in [0.3, 0.4) is 0 Å². The van der Waals surface area contributed by atoms with Crippen molar-refractivity contribution in [3.63, 3.8) is 0 Å². The van der Waals surface area contributed by atoms with E-state index in [1.165, 1.54) is 11.1 Å². The van der Waals surface area contributed by atoms with Crippen LogP contribution in [0.4, 0.5) is 0 Å². The molecule has 0 aliphatic carbocycles. The number of nitrogens with two attached hydrogens (primary N) is 1. The molecule has 0 amide bonds. The molecular formula is C11H14BrNOS. The molecule has 0 radical (unpaired) electrons. The molecule has 0 saturated heterocycles. The maximum atomic E-state index is 6.17. The zero-order valence-corrected chi connectivity index (χ0v) is 11.0. The molecule has 0 spiro atoms. The third kappa shape index (κ3) is 2.17. The molecule has 0 saturated carbocycles. The van der Waals surface area contributed by atoms with Gasteiger partial charge in [0.1, 0.15) is 5.75 Å². The third-order valence-electron chi connectivity index (χ3n) is 2.67. The molecule has 15 heavy (non-hydrogen) atoms. The van der Waals surface area contributed by atoms with Gasteiger partial charge in [-0.15, -0.1) is 0 Å². The summed E-state index contributed by atoms with van der Waals surface area (Å²) in [4.78, 5) is 0. The summed E-state index contributed by atoms with van der Waals surface area (Å²) in [5.41, 5.74) is 8.65. The molecule has 1 heterocycles. The minimum absolute atomic E-state index is 0.125. The molecule has 2 nitrogen and oxygen atoms in total. The molecule has 2 N–H and O–H groups in total. The molecule has 1 aromatic carbocycles. The number of hydrogen-bond acceptors (Lipinski definition) is 3. The van der Waals surface area contributed by atoms with Crippen LogP contribution in [0.5, 0.6) is 5.75 Å². The lowest BCUT2D eigenvalue weighted by atomic mass is 9.99. The van der Waals surface area contributed by atoms with Gasteiger partial charge in [-0.25, -0.2) is 0 Å². The van der Waals surface area contributed by atoms with E-state index >= 15 is 0 Å². The Balaban J connectivity index is 2.55. The van der Waals surface area contributed by atoms with E-state index in [1.54, 1.807) is 7.11 Å². The molecule has 1 aromatic rings. The minimum atomic E-state index is 0.125. The summed E-state index contributed by atoms with van der Waals surface area (Å²) >= 11 is 5.50. The van der Waals surface area contributed by atoms with Crippen molar-refractivity contribution in [1.82, 2.24) is 0 Å². The molecule has 0 unspecified atom stereocenters. The Bertz CT molecular complexity index is 370. The van der Waals surface area contributed by atoms with Crippen molar-refractivity contribution in [2.24, 2.45) is 5.73 Å². The Kier molecular flexibility index (Phi) is 3.59. The average Bonchev–Trinajstić information content (AvgIpc) is 2.42. The first-order valence-electron chi connectivity index (χ1n) is 4.92. The normalized spacial score (nSPS) is 20.6. The van der Waals surface area contributed by atoms with E-state index in [1.807, 2.05) is 23.9 Å². The largest absolute Gasteiger partial charge is 0.496 e. The zero-order chi connectivity index (χ0) is 10.8. The van der Waals surface area contributed by atoms with Gasteiger partial charge in [0.25, 0.3) is 0 Å². The topological polar surface area (TPSA) is 35.2 Å². The van der Waals surface area contributed by atoms with Crippen LogP contribution in [0, 0.1) is 0 Å². The fraction of sp³-hybridized carbons (Fsp3) is 0.455. The fourth-order valence-corrected chi connectivity index (χ4v) is 3.62. The van der Waals surface area contributed by atoms with Gasteiger partial charge in [-0.1, -0.05) is 15.9 Å². The highest BCUT2D eigenvalue weighted by Crippen LogP contribution is 2.39.